The second kappa shape index (κ2) is 7.33. The molecule has 0 aromatic rings. The zero-order chi connectivity index (χ0) is 13.7. The molecule has 0 aromatic heterocycles. The van der Waals surface area contributed by atoms with Crippen LogP contribution < -0.4 is 5.32 Å². The summed E-state index contributed by atoms with van der Waals surface area (Å²) >= 11 is 1.99. The van der Waals surface area contributed by atoms with Gasteiger partial charge in [-0.25, -0.2) is 0 Å². The van der Waals surface area contributed by atoms with Gasteiger partial charge in [0.05, 0.1) is 0 Å². The summed E-state index contributed by atoms with van der Waals surface area (Å²) < 4.78 is 0. The van der Waals surface area contributed by atoms with Gasteiger partial charge in [0, 0.05) is 31.2 Å². The molecule has 2 unspecified atom stereocenters. The van der Waals surface area contributed by atoms with Crippen LogP contribution in [0.2, 0.25) is 0 Å². The molecule has 1 aliphatic carbocycles. The molecule has 2 atom stereocenters. The van der Waals surface area contributed by atoms with Gasteiger partial charge in [-0.05, 0) is 37.2 Å². The largest absolute Gasteiger partial charge is 0.308 e. The van der Waals surface area contributed by atoms with Gasteiger partial charge in [-0.3, -0.25) is 4.90 Å². The summed E-state index contributed by atoms with van der Waals surface area (Å²) in [5.41, 5.74) is 0.461. The van der Waals surface area contributed by atoms with E-state index in [-0.39, 0.29) is 0 Å². The highest BCUT2D eigenvalue weighted by molar-refractivity contribution is 7.98. The van der Waals surface area contributed by atoms with Gasteiger partial charge in [0.2, 0.25) is 0 Å². The van der Waals surface area contributed by atoms with Gasteiger partial charge in [-0.1, -0.05) is 33.1 Å². The molecule has 19 heavy (non-hydrogen) atoms. The van der Waals surface area contributed by atoms with E-state index < -0.39 is 0 Å². The predicted molar refractivity (Wildman–Crippen MR) is 87.0 cm³/mol. The van der Waals surface area contributed by atoms with Crippen LogP contribution in [-0.2, 0) is 0 Å². The molecule has 3 heteroatoms. The Kier molecular flexibility index (Phi) is 6.04. The predicted octanol–water partition coefficient (Wildman–Crippen LogP) is 3.37. The van der Waals surface area contributed by atoms with Gasteiger partial charge >= 0.3 is 0 Å². The topological polar surface area (TPSA) is 15.3 Å². The Labute approximate surface area is 124 Å². The van der Waals surface area contributed by atoms with Crippen LogP contribution in [0.15, 0.2) is 0 Å². The lowest BCUT2D eigenvalue weighted by molar-refractivity contribution is 0.0465. The number of hydrogen-bond acceptors (Lipinski definition) is 3. The second-order valence-corrected chi connectivity index (χ2v) is 7.68. The van der Waals surface area contributed by atoms with Crippen molar-refractivity contribution in [2.24, 2.45) is 5.92 Å². The maximum Gasteiger partial charge on any atom is 0.0309 e. The van der Waals surface area contributed by atoms with E-state index in [2.05, 4.69) is 30.3 Å². The summed E-state index contributed by atoms with van der Waals surface area (Å²) in [5, 5.41) is 3.92. The lowest BCUT2D eigenvalue weighted by Gasteiger charge is -2.50. The minimum Gasteiger partial charge on any atom is -0.308 e. The summed E-state index contributed by atoms with van der Waals surface area (Å²) in [6.45, 7) is 8.56. The van der Waals surface area contributed by atoms with Crippen molar-refractivity contribution in [1.82, 2.24) is 10.2 Å². The van der Waals surface area contributed by atoms with Crippen LogP contribution in [0.1, 0.15) is 52.4 Å². The lowest BCUT2D eigenvalue weighted by Crippen LogP contribution is -2.65. The maximum atomic E-state index is 3.92. The average molecular weight is 285 g/mol. The second-order valence-electron chi connectivity index (χ2n) is 6.77. The fourth-order valence-electron chi connectivity index (χ4n) is 3.95. The van der Waals surface area contributed by atoms with E-state index in [0.29, 0.717) is 5.54 Å². The molecule has 1 N–H and O–H groups in total. The number of nitrogens with one attached hydrogen (secondary N) is 1. The first kappa shape index (κ1) is 15.7. The van der Waals surface area contributed by atoms with Gasteiger partial charge in [-0.2, -0.15) is 11.8 Å². The smallest absolute Gasteiger partial charge is 0.0309 e. The molecule has 1 saturated carbocycles. The highest BCUT2D eigenvalue weighted by Crippen LogP contribution is 2.32. The zero-order valence-electron chi connectivity index (χ0n) is 13.1. The summed E-state index contributed by atoms with van der Waals surface area (Å²) in [4.78, 5) is 2.81. The first-order chi connectivity index (χ1) is 9.19. The van der Waals surface area contributed by atoms with Gasteiger partial charge in [0.25, 0.3) is 0 Å². The van der Waals surface area contributed by atoms with Crippen molar-refractivity contribution in [1.29, 1.82) is 0 Å². The molecule has 0 aromatic carbocycles. The van der Waals surface area contributed by atoms with Crippen LogP contribution in [0.4, 0.5) is 0 Å². The Morgan fingerprint density at radius 2 is 2.05 bits per heavy atom. The number of hydrogen-bond donors (Lipinski definition) is 1. The quantitative estimate of drug-likeness (QED) is 0.833. The van der Waals surface area contributed by atoms with Crippen LogP contribution >= 0.6 is 11.8 Å². The van der Waals surface area contributed by atoms with E-state index in [4.69, 9.17) is 0 Å². The number of rotatable bonds is 5. The van der Waals surface area contributed by atoms with Crippen molar-refractivity contribution in [3.8, 4) is 0 Å². The Hall–Kier alpha value is 0.270. The van der Waals surface area contributed by atoms with E-state index >= 15 is 0 Å². The standard InChI is InChI=1S/C16H32N2S/c1-4-15-10-17-16(8-6-5-7-9-16)13-18(15)11-14(2)12-19-3/h14-15,17H,4-13H2,1-3H3. The van der Waals surface area contributed by atoms with Crippen LogP contribution in [0, 0.1) is 5.92 Å². The van der Waals surface area contributed by atoms with Gasteiger partial charge in [0.1, 0.15) is 0 Å². The molecule has 1 saturated heterocycles. The zero-order valence-corrected chi connectivity index (χ0v) is 13.9. The molecule has 2 fully saturated rings. The van der Waals surface area contributed by atoms with Crippen LogP contribution in [-0.4, -0.2) is 48.1 Å². The third-order valence-corrected chi connectivity index (χ3v) is 5.92. The van der Waals surface area contributed by atoms with E-state index in [1.807, 2.05) is 11.8 Å². The highest BCUT2D eigenvalue weighted by atomic mass is 32.2. The Morgan fingerprint density at radius 3 is 2.68 bits per heavy atom. The summed E-state index contributed by atoms with van der Waals surface area (Å²) in [7, 11) is 0. The van der Waals surface area contributed by atoms with E-state index in [1.54, 1.807) is 0 Å². The van der Waals surface area contributed by atoms with Gasteiger partial charge in [0.15, 0.2) is 0 Å². The Bertz CT molecular complexity index is 263. The lowest BCUT2D eigenvalue weighted by atomic mass is 9.79. The molecule has 2 nitrogen and oxygen atoms in total. The molecular formula is C16H32N2S. The number of thioether (sulfide) groups is 1. The van der Waals surface area contributed by atoms with E-state index in [0.717, 1.165) is 12.0 Å². The van der Waals surface area contributed by atoms with Crippen molar-refractivity contribution in [2.75, 3.05) is 31.6 Å². The maximum absolute atomic E-state index is 3.92. The normalized spacial score (nSPS) is 29.5. The van der Waals surface area contributed by atoms with Crippen LogP contribution in [0.5, 0.6) is 0 Å². The van der Waals surface area contributed by atoms with E-state index in [9.17, 15) is 0 Å². The summed E-state index contributed by atoms with van der Waals surface area (Å²) in [5.74, 6) is 2.12. The molecule has 112 valence electrons. The minimum absolute atomic E-state index is 0.461. The third kappa shape index (κ3) is 4.12. The first-order valence-electron chi connectivity index (χ1n) is 8.17. The molecule has 1 spiro atoms. The van der Waals surface area contributed by atoms with Crippen molar-refractivity contribution < 1.29 is 0 Å². The average Bonchev–Trinajstić information content (AvgIpc) is 2.40. The first-order valence-corrected chi connectivity index (χ1v) is 9.56. The van der Waals surface area contributed by atoms with Crippen LogP contribution in [0.3, 0.4) is 0 Å². The molecular weight excluding hydrogens is 252 g/mol. The van der Waals surface area contributed by atoms with Crippen LogP contribution in [0.25, 0.3) is 0 Å². The van der Waals surface area contributed by atoms with Gasteiger partial charge < -0.3 is 5.32 Å². The molecule has 2 rings (SSSR count). The number of piperazine rings is 1. The molecule has 0 bridgehead atoms. The molecule has 1 heterocycles. The van der Waals surface area contributed by atoms with Crippen molar-refractivity contribution in [3.05, 3.63) is 0 Å². The summed E-state index contributed by atoms with van der Waals surface area (Å²) in [6.07, 6.45) is 10.6. The fraction of sp³-hybridized carbons (Fsp3) is 1.00. The minimum atomic E-state index is 0.461. The molecule has 2 aliphatic rings. The highest BCUT2D eigenvalue weighted by Gasteiger charge is 2.39. The molecule has 0 radical (unpaired) electrons. The van der Waals surface area contributed by atoms with Crippen molar-refractivity contribution in [2.45, 2.75) is 64.0 Å². The number of nitrogens with zero attached hydrogens (tertiary/aromatic N) is 1. The Morgan fingerprint density at radius 1 is 1.32 bits per heavy atom. The molecule has 1 aliphatic heterocycles. The fourth-order valence-corrected chi connectivity index (χ4v) is 4.63. The SMILES string of the molecule is CCC1CNC2(CCCCC2)CN1CC(C)CSC. The molecule has 0 amide bonds. The van der Waals surface area contributed by atoms with Gasteiger partial charge in [-0.15, -0.1) is 0 Å². The van der Waals surface area contributed by atoms with Crippen molar-refractivity contribution >= 4 is 11.8 Å². The Balaban J connectivity index is 1.95. The van der Waals surface area contributed by atoms with E-state index in [1.165, 1.54) is 63.9 Å². The summed E-state index contributed by atoms with van der Waals surface area (Å²) in [6, 6.07) is 0.761. The van der Waals surface area contributed by atoms with Crippen molar-refractivity contribution in [3.63, 3.8) is 0 Å². The third-order valence-electron chi connectivity index (χ3n) is 5.01. The monoisotopic (exact) mass is 284 g/mol.